The molecule has 0 atom stereocenters. The Morgan fingerprint density at radius 3 is 2.32 bits per heavy atom. The van der Waals surface area contributed by atoms with E-state index in [4.69, 9.17) is 16.7 Å². The maximum absolute atomic E-state index is 13.5. The number of nitrogens with one attached hydrogen (secondary N) is 1. The van der Waals surface area contributed by atoms with Crippen LogP contribution < -0.4 is 5.43 Å². The molecule has 8 heteroatoms. The van der Waals surface area contributed by atoms with Crippen molar-refractivity contribution in [2.45, 2.75) is 6.18 Å². The van der Waals surface area contributed by atoms with Crippen molar-refractivity contribution in [3.63, 3.8) is 0 Å². The molecule has 0 bridgehead atoms. The molecule has 1 heterocycles. The van der Waals surface area contributed by atoms with E-state index in [9.17, 15) is 22.8 Å². The minimum absolute atomic E-state index is 0.0377. The SMILES string of the molecule is O=C(O)c1cc(=O)c2c(Cl)c(-c3ccccc3)cc(C(F)(F)F)c2[nH]1. The van der Waals surface area contributed by atoms with Crippen LogP contribution >= 0.6 is 11.6 Å². The summed E-state index contributed by atoms with van der Waals surface area (Å²) in [5.41, 5.74) is -2.92. The number of fused-ring (bicyclic) bond motifs is 1. The zero-order valence-electron chi connectivity index (χ0n) is 12.3. The van der Waals surface area contributed by atoms with Crippen molar-refractivity contribution in [1.82, 2.24) is 4.98 Å². The number of aromatic amines is 1. The van der Waals surface area contributed by atoms with Gasteiger partial charge in [-0.15, -0.1) is 0 Å². The fraction of sp³-hybridized carbons (Fsp3) is 0.0588. The molecular weight excluding hydrogens is 359 g/mol. The number of halogens is 4. The van der Waals surface area contributed by atoms with Gasteiger partial charge in [-0.1, -0.05) is 41.9 Å². The van der Waals surface area contributed by atoms with Gasteiger partial charge in [0.15, 0.2) is 5.43 Å². The van der Waals surface area contributed by atoms with Crippen molar-refractivity contribution in [3.05, 3.63) is 69.0 Å². The molecule has 0 saturated heterocycles. The molecule has 2 N–H and O–H groups in total. The summed E-state index contributed by atoms with van der Waals surface area (Å²) in [6.45, 7) is 0. The minimum Gasteiger partial charge on any atom is -0.477 e. The predicted molar refractivity (Wildman–Crippen MR) is 87.0 cm³/mol. The number of alkyl halides is 3. The Hall–Kier alpha value is -2.80. The van der Waals surface area contributed by atoms with E-state index in [2.05, 4.69) is 4.98 Å². The Kier molecular flexibility index (Phi) is 4.04. The van der Waals surface area contributed by atoms with Gasteiger partial charge < -0.3 is 10.1 Å². The van der Waals surface area contributed by atoms with Crippen molar-refractivity contribution in [2.24, 2.45) is 0 Å². The molecule has 0 radical (unpaired) electrons. The van der Waals surface area contributed by atoms with E-state index in [1.807, 2.05) is 0 Å². The van der Waals surface area contributed by atoms with E-state index in [-0.39, 0.29) is 10.6 Å². The van der Waals surface area contributed by atoms with Gasteiger partial charge in [-0.25, -0.2) is 4.79 Å². The third-order valence-electron chi connectivity index (χ3n) is 3.67. The molecule has 0 aliphatic heterocycles. The van der Waals surface area contributed by atoms with Crippen LogP contribution in [0.1, 0.15) is 16.1 Å². The third-order valence-corrected chi connectivity index (χ3v) is 4.06. The van der Waals surface area contributed by atoms with Crippen molar-refractivity contribution in [1.29, 1.82) is 0 Å². The molecule has 4 nitrogen and oxygen atoms in total. The van der Waals surface area contributed by atoms with E-state index < -0.39 is 39.7 Å². The lowest BCUT2D eigenvalue weighted by Gasteiger charge is -2.15. The van der Waals surface area contributed by atoms with Crippen molar-refractivity contribution >= 4 is 28.5 Å². The molecule has 0 unspecified atom stereocenters. The van der Waals surface area contributed by atoms with E-state index in [0.29, 0.717) is 11.6 Å². The van der Waals surface area contributed by atoms with Crippen LogP contribution in [0.5, 0.6) is 0 Å². The van der Waals surface area contributed by atoms with Gasteiger partial charge in [-0.2, -0.15) is 13.2 Å². The normalized spacial score (nSPS) is 11.7. The number of carboxylic acids is 1. The highest BCUT2D eigenvalue weighted by atomic mass is 35.5. The van der Waals surface area contributed by atoms with Gasteiger partial charge >= 0.3 is 12.1 Å². The van der Waals surface area contributed by atoms with Crippen LogP contribution in [0.25, 0.3) is 22.0 Å². The minimum atomic E-state index is -4.81. The molecule has 1 aromatic heterocycles. The number of aromatic carboxylic acids is 1. The Balaban J connectivity index is 2.50. The molecule has 0 aliphatic rings. The molecule has 0 saturated carbocycles. The summed E-state index contributed by atoms with van der Waals surface area (Å²) in [5.74, 6) is -1.55. The maximum atomic E-state index is 13.5. The van der Waals surface area contributed by atoms with Crippen LogP contribution in [0.4, 0.5) is 13.2 Å². The Morgan fingerprint density at radius 1 is 1.12 bits per heavy atom. The summed E-state index contributed by atoms with van der Waals surface area (Å²) in [5, 5.41) is 8.40. The average molecular weight is 368 g/mol. The second-order valence-electron chi connectivity index (χ2n) is 5.25. The Morgan fingerprint density at radius 2 is 1.76 bits per heavy atom. The fourth-order valence-corrected chi connectivity index (χ4v) is 2.91. The van der Waals surface area contributed by atoms with Gasteiger partial charge in [0, 0.05) is 11.6 Å². The summed E-state index contributed by atoms with van der Waals surface area (Å²) >= 11 is 6.20. The first-order chi connectivity index (χ1) is 11.7. The number of hydrogen-bond donors (Lipinski definition) is 2. The summed E-state index contributed by atoms with van der Waals surface area (Å²) in [7, 11) is 0. The van der Waals surface area contributed by atoms with Crippen molar-refractivity contribution < 1.29 is 23.1 Å². The van der Waals surface area contributed by atoms with Gasteiger partial charge in [-0.3, -0.25) is 4.79 Å². The third kappa shape index (κ3) is 2.98. The number of benzene rings is 2. The topological polar surface area (TPSA) is 70.2 Å². The maximum Gasteiger partial charge on any atom is 0.418 e. The number of carboxylic acid groups (broad SMARTS) is 1. The number of hydrogen-bond acceptors (Lipinski definition) is 2. The molecule has 3 rings (SSSR count). The average Bonchev–Trinajstić information content (AvgIpc) is 2.54. The molecule has 2 aromatic carbocycles. The van der Waals surface area contributed by atoms with Gasteiger partial charge in [0.1, 0.15) is 5.69 Å². The molecule has 0 spiro atoms. The molecule has 0 amide bonds. The van der Waals surface area contributed by atoms with Crippen LogP contribution in [0.15, 0.2) is 47.3 Å². The zero-order valence-corrected chi connectivity index (χ0v) is 13.1. The van der Waals surface area contributed by atoms with Crippen LogP contribution in [0.3, 0.4) is 0 Å². The Bertz CT molecular complexity index is 1040. The molecule has 0 aliphatic carbocycles. The number of H-pyrrole nitrogens is 1. The monoisotopic (exact) mass is 367 g/mol. The van der Waals surface area contributed by atoms with E-state index in [0.717, 1.165) is 6.07 Å². The summed E-state index contributed by atoms with van der Waals surface area (Å²) in [4.78, 5) is 25.5. The van der Waals surface area contributed by atoms with Gasteiger partial charge in [0.25, 0.3) is 0 Å². The largest absolute Gasteiger partial charge is 0.477 e. The van der Waals surface area contributed by atoms with Crippen molar-refractivity contribution in [2.75, 3.05) is 0 Å². The lowest BCUT2D eigenvalue weighted by molar-refractivity contribution is -0.136. The van der Waals surface area contributed by atoms with Crippen LogP contribution in [-0.2, 0) is 6.18 Å². The molecule has 3 aromatic rings. The highest BCUT2D eigenvalue weighted by molar-refractivity contribution is 6.38. The zero-order chi connectivity index (χ0) is 18.4. The first-order valence-corrected chi connectivity index (χ1v) is 7.33. The second-order valence-corrected chi connectivity index (χ2v) is 5.63. The van der Waals surface area contributed by atoms with Crippen LogP contribution in [0, 0.1) is 0 Å². The van der Waals surface area contributed by atoms with Crippen LogP contribution in [0.2, 0.25) is 5.02 Å². The first kappa shape index (κ1) is 17.0. The van der Waals surface area contributed by atoms with Gasteiger partial charge in [0.05, 0.1) is 21.5 Å². The number of carbonyl (C=O) groups is 1. The molecule has 0 fully saturated rings. The molecular formula is C17H9ClF3NO3. The quantitative estimate of drug-likeness (QED) is 0.697. The predicted octanol–water partition coefficient (Wildman–Crippen LogP) is 4.57. The van der Waals surface area contributed by atoms with Crippen LogP contribution in [-0.4, -0.2) is 16.1 Å². The summed E-state index contributed by atoms with van der Waals surface area (Å²) < 4.78 is 40.5. The lowest BCUT2D eigenvalue weighted by Crippen LogP contribution is -2.15. The lowest BCUT2D eigenvalue weighted by atomic mass is 9.98. The smallest absolute Gasteiger partial charge is 0.418 e. The second kappa shape index (κ2) is 5.93. The first-order valence-electron chi connectivity index (χ1n) is 6.95. The van der Waals surface area contributed by atoms with Crippen molar-refractivity contribution in [3.8, 4) is 11.1 Å². The Labute approximate surface area is 143 Å². The summed E-state index contributed by atoms with van der Waals surface area (Å²) in [6.07, 6.45) is -4.81. The standard InChI is InChI=1S/C17H9ClF3NO3/c18-14-9(8-4-2-1-3-5-8)6-10(17(19,20)21)15-13(14)12(23)7-11(22-15)16(24)25/h1-7H,(H,22,23)(H,24,25). The van der Waals surface area contributed by atoms with E-state index in [1.54, 1.807) is 30.3 Å². The van der Waals surface area contributed by atoms with Gasteiger partial charge in [0.2, 0.25) is 0 Å². The number of pyridine rings is 1. The summed E-state index contributed by atoms with van der Waals surface area (Å²) in [6, 6.07) is 9.59. The van der Waals surface area contributed by atoms with E-state index in [1.165, 1.54) is 0 Å². The number of rotatable bonds is 2. The van der Waals surface area contributed by atoms with E-state index >= 15 is 0 Å². The number of aromatic nitrogens is 1. The molecule has 25 heavy (non-hydrogen) atoms. The fourth-order valence-electron chi connectivity index (χ4n) is 2.56. The molecule has 128 valence electrons. The van der Waals surface area contributed by atoms with Gasteiger partial charge in [-0.05, 0) is 11.6 Å². The highest BCUT2D eigenvalue weighted by Crippen LogP contribution is 2.41. The highest BCUT2D eigenvalue weighted by Gasteiger charge is 2.35.